The molecule has 0 bridgehead atoms. The summed E-state index contributed by atoms with van der Waals surface area (Å²) in [6.07, 6.45) is 0. The van der Waals surface area contributed by atoms with E-state index >= 15 is 0 Å². The maximum atomic E-state index is 12.6. The van der Waals surface area contributed by atoms with Crippen molar-refractivity contribution in [2.75, 3.05) is 17.7 Å². The largest absolute Gasteiger partial charge is 0.462 e. The third-order valence-corrected chi connectivity index (χ3v) is 6.53. The average molecular weight is 510 g/mol. The number of nitriles is 1. The molecular formula is C26H24ClN3O4S. The topological polar surface area (TPSA) is 108 Å². The third-order valence-electron chi connectivity index (χ3n) is 5.26. The fourth-order valence-electron chi connectivity index (χ4n) is 3.72. The first-order chi connectivity index (χ1) is 16.7. The summed E-state index contributed by atoms with van der Waals surface area (Å²) >= 11 is 7.21. The number of dihydropyridines is 1. The van der Waals surface area contributed by atoms with E-state index < -0.39 is 11.9 Å². The highest BCUT2D eigenvalue weighted by Gasteiger charge is 2.33. The molecule has 0 aliphatic carbocycles. The first kappa shape index (κ1) is 26.1. The monoisotopic (exact) mass is 509 g/mol. The Bertz CT molecular complexity index is 1240. The van der Waals surface area contributed by atoms with Gasteiger partial charge in [-0.05, 0) is 62.7 Å². The lowest BCUT2D eigenvalue weighted by atomic mass is 9.81. The van der Waals surface area contributed by atoms with E-state index in [9.17, 15) is 19.6 Å². The molecule has 2 aromatic rings. The lowest BCUT2D eigenvalue weighted by Gasteiger charge is -2.29. The van der Waals surface area contributed by atoms with Gasteiger partial charge in [0.2, 0.25) is 5.91 Å². The van der Waals surface area contributed by atoms with Crippen molar-refractivity contribution < 1.29 is 19.1 Å². The molecule has 3 rings (SSSR count). The summed E-state index contributed by atoms with van der Waals surface area (Å²) in [5.74, 6) is -1.38. The van der Waals surface area contributed by atoms with Gasteiger partial charge >= 0.3 is 5.97 Å². The molecule has 0 spiro atoms. The Hall–Kier alpha value is -3.54. The van der Waals surface area contributed by atoms with Gasteiger partial charge < -0.3 is 15.4 Å². The van der Waals surface area contributed by atoms with Gasteiger partial charge in [0.05, 0.1) is 40.5 Å². The van der Waals surface area contributed by atoms with Crippen LogP contribution in [0, 0.1) is 11.3 Å². The number of ether oxygens (including phenoxy) is 1. The summed E-state index contributed by atoms with van der Waals surface area (Å²) in [5.41, 5.74) is 3.18. The highest BCUT2D eigenvalue weighted by Crippen LogP contribution is 2.41. The van der Waals surface area contributed by atoms with E-state index in [1.54, 1.807) is 62.4 Å². The summed E-state index contributed by atoms with van der Waals surface area (Å²) in [5, 5.41) is 17.0. The van der Waals surface area contributed by atoms with E-state index in [1.807, 2.05) is 0 Å². The van der Waals surface area contributed by atoms with Gasteiger partial charge in [0.1, 0.15) is 0 Å². The number of carbonyl (C=O) groups is 3. The Balaban J connectivity index is 1.77. The summed E-state index contributed by atoms with van der Waals surface area (Å²) in [6, 6.07) is 15.6. The number of halogens is 1. The van der Waals surface area contributed by atoms with Crippen LogP contribution in [0.15, 0.2) is 70.4 Å². The van der Waals surface area contributed by atoms with Gasteiger partial charge in [0.15, 0.2) is 5.78 Å². The molecule has 7 nitrogen and oxygen atoms in total. The molecule has 1 atom stereocenters. The Morgan fingerprint density at radius 3 is 2.37 bits per heavy atom. The zero-order chi connectivity index (χ0) is 25.5. The second-order valence-electron chi connectivity index (χ2n) is 7.69. The number of benzene rings is 2. The normalized spacial score (nSPS) is 15.2. The molecule has 2 aromatic carbocycles. The molecule has 0 fully saturated rings. The summed E-state index contributed by atoms with van der Waals surface area (Å²) in [4.78, 5) is 36.8. The van der Waals surface area contributed by atoms with Crippen molar-refractivity contribution in [2.45, 2.75) is 26.7 Å². The van der Waals surface area contributed by atoms with Crippen LogP contribution >= 0.6 is 23.4 Å². The van der Waals surface area contributed by atoms with Gasteiger partial charge in [-0.1, -0.05) is 35.5 Å². The van der Waals surface area contributed by atoms with Crippen LogP contribution < -0.4 is 10.6 Å². The van der Waals surface area contributed by atoms with Gasteiger partial charge in [-0.15, -0.1) is 0 Å². The van der Waals surface area contributed by atoms with Crippen LogP contribution in [0.5, 0.6) is 0 Å². The summed E-state index contributed by atoms with van der Waals surface area (Å²) < 4.78 is 4.95. The SMILES string of the molecule is CCOC(=O)c1ccc(NC(=O)CSC2=C(C#N)C(c3ccc(Cl)cc3)C(C(C)=O)=C(C)N2)cc1. The van der Waals surface area contributed by atoms with Gasteiger partial charge in [0.25, 0.3) is 0 Å². The highest BCUT2D eigenvalue weighted by atomic mass is 35.5. The number of hydrogen-bond donors (Lipinski definition) is 2. The molecule has 2 N–H and O–H groups in total. The van der Waals surface area contributed by atoms with Crippen molar-refractivity contribution in [3.05, 3.63) is 86.6 Å². The number of thioether (sulfide) groups is 1. The van der Waals surface area contributed by atoms with Crippen LogP contribution in [0.2, 0.25) is 5.02 Å². The van der Waals surface area contributed by atoms with Crippen LogP contribution in [0.4, 0.5) is 5.69 Å². The molecule has 1 amide bonds. The maximum absolute atomic E-state index is 12.6. The molecule has 180 valence electrons. The molecule has 1 aliphatic heterocycles. The van der Waals surface area contributed by atoms with Crippen molar-refractivity contribution in [3.63, 3.8) is 0 Å². The van der Waals surface area contributed by atoms with Gasteiger partial charge in [-0.3, -0.25) is 9.59 Å². The Kier molecular flexibility index (Phi) is 8.74. The molecule has 0 aromatic heterocycles. The zero-order valence-electron chi connectivity index (χ0n) is 19.5. The first-order valence-electron chi connectivity index (χ1n) is 10.8. The van der Waals surface area contributed by atoms with Crippen LogP contribution in [-0.2, 0) is 14.3 Å². The van der Waals surface area contributed by atoms with Crippen molar-refractivity contribution in [1.29, 1.82) is 5.26 Å². The number of nitrogens with one attached hydrogen (secondary N) is 2. The molecule has 1 unspecified atom stereocenters. The van der Waals surface area contributed by atoms with Crippen molar-refractivity contribution >= 4 is 46.7 Å². The smallest absolute Gasteiger partial charge is 0.338 e. The Labute approximate surface area is 213 Å². The number of allylic oxidation sites excluding steroid dienone is 3. The number of rotatable bonds is 8. The van der Waals surface area contributed by atoms with Crippen molar-refractivity contribution in [2.24, 2.45) is 0 Å². The third kappa shape index (κ3) is 6.32. The lowest BCUT2D eigenvalue weighted by Crippen LogP contribution is -2.27. The maximum Gasteiger partial charge on any atom is 0.338 e. The number of anilines is 1. The van der Waals surface area contributed by atoms with Crippen LogP contribution in [0.3, 0.4) is 0 Å². The molecule has 35 heavy (non-hydrogen) atoms. The van der Waals surface area contributed by atoms with Crippen molar-refractivity contribution in [1.82, 2.24) is 5.32 Å². The first-order valence-corrected chi connectivity index (χ1v) is 12.2. The van der Waals surface area contributed by atoms with Gasteiger partial charge in [0, 0.05) is 22.0 Å². The fraction of sp³-hybridized carbons (Fsp3) is 0.231. The second kappa shape index (κ2) is 11.7. The fourth-order valence-corrected chi connectivity index (χ4v) is 4.74. The number of Topliss-reactive ketones (excluding diaryl/α,β-unsaturated/α-hetero) is 1. The van der Waals surface area contributed by atoms with Crippen molar-refractivity contribution in [3.8, 4) is 6.07 Å². The number of nitrogens with zero attached hydrogens (tertiary/aromatic N) is 1. The molecule has 0 radical (unpaired) electrons. The lowest BCUT2D eigenvalue weighted by molar-refractivity contribution is -0.114. The molecule has 0 saturated carbocycles. The minimum Gasteiger partial charge on any atom is -0.462 e. The zero-order valence-corrected chi connectivity index (χ0v) is 21.0. The number of ketones is 1. The molecular weight excluding hydrogens is 486 g/mol. The molecule has 1 heterocycles. The summed E-state index contributed by atoms with van der Waals surface area (Å²) in [7, 11) is 0. The Morgan fingerprint density at radius 2 is 1.80 bits per heavy atom. The van der Waals surface area contributed by atoms with Crippen LogP contribution in [0.25, 0.3) is 0 Å². The summed E-state index contributed by atoms with van der Waals surface area (Å²) in [6.45, 7) is 5.26. The molecule has 9 heteroatoms. The minimum atomic E-state index is -0.558. The predicted molar refractivity (Wildman–Crippen MR) is 137 cm³/mol. The number of hydrogen-bond acceptors (Lipinski definition) is 7. The number of esters is 1. The average Bonchev–Trinajstić information content (AvgIpc) is 2.83. The van der Waals surface area contributed by atoms with Gasteiger partial charge in [-0.2, -0.15) is 5.26 Å². The van der Waals surface area contributed by atoms with E-state index in [0.717, 1.165) is 5.56 Å². The quantitative estimate of drug-likeness (QED) is 0.472. The standard InChI is InChI=1S/C26H24ClN3O4S/c1-4-34-26(33)18-7-11-20(12-8-18)30-22(32)14-35-25-21(13-28)24(17-5-9-19(27)10-6-17)23(16(3)31)15(2)29-25/h5-12,24,29H,4,14H2,1-3H3,(H,30,32). The van der Waals surface area contributed by atoms with Crippen LogP contribution in [0.1, 0.15) is 42.6 Å². The molecule has 0 saturated heterocycles. The van der Waals surface area contributed by atoms with Gasteiger partial charge in [-0.25, -0.2) is 4.79 Å². The van der Waals surface area contributed by atoms with E-state index in [-0.39, 0.29) is 24.1 Å². The van der Waals surface area contributed by atoms with Crippen LogP contribution in [-0.4, -0.2) is 30.0 Å². The number of carbonyl (C=O) groups excluding carboxylic acids is 3. The van der Waals surface area contributed by atoms with E-state index in [4.69, 9.17) is 16.3 Å². The van der Waals surface area contributed by atoms with E-state index in [0.29, 0.717) is 38.1 Å². The number of amides is 1. The predicted octanol–water partition coefficient (Wildman–Crippen LogP) is 5.17. The molecule has 1 aliphatic rings. The highest BCUT2D eigenvalue weighted by molar-refractivity contribution is 8.03. The van der Waals surface area contributed by atoms with E-state index in [2.05, 4.69) is 16.7 Å². The second-order valence-corrected chi connectivity index (χ2v) is 9.12. The Morgan fingerprint density at radius 1 is 1.14 bits per heavy atom. The van der Waals surface area contributed by atoms with E-state index in [1.165, 1.54) is 18.7 Å². The minimum absolute atomic E-state index is 0.0309.